The maximum atomic E-state index is 11.3. The van der Waals surface area contributed by atoms with Crippen LogP contribution in [0.5, 0.6) is 0 Å². The van der Waals surface area contributed by atoms with E-state index in [1.807, 2.05) is 0 Å². The molecular weight excluding hydrogens is 299 g/mol. The first-order valence-electron chi connectivity index (χ1n) is 10.7. The third-order valence-electron chi connectivity index (χ3n) is 7.93. The van der Waals surface area contributed by atoms with Crippen molar-refractivity contribution in [1.82, 2.24) is 0 Å². The van der Waals surface area contributed by atoms with Crippen LogP contribution >= 0.6 is 0 Å². The van der Waals surface area contributed by atoms with E-state index in [0.29, 0.717) is 12.5 Å². The second kappa shape index (κ2) is 7.67. The van der Waals surface area contributed by atoms with Gasteiger partial charge < -0.3 is 14.9 Å². The van der Waals surface area contributed by atoms with Gasteiger partial charge in [0.05, 0.1) is 0 Å². The summed E-state index contributed by atoms with van der Waals surface area (Å²) in [6.07, 6.45) is 13.8. The quantitative estimate of drug-likeness (QED) is 0.779. The van der Waals surface area contributed by atoms with Gasteiger partial charge in [0, 0.05) is 12.6 Å². The third-order valence-corrected chi connectivity index (χ3v) is 7.93. The molecule has 7 unspecified atom stereocenters. The average molecular weight is 334 g/mol. The summed E-state index contributed by atoms with van der Waals surface area (Å²) in [4.78, 5) is 0. The summed E-state index contributed by atoms with van der Waals surface area (Å²) in [7, 11) is 0.748. The van der Waals surface area contributed by atoms with Crippen LogP contribution in [-0.2, 0) is 4.74 Å². The summed E-state index contributed by atoms with van der Waals surface area (Å²) in [5.74, 6) is 3.85. The molecule has 0 radical (unpaired) electrons. The molecule has 3 aliphatic carbocycles. The number of hydrogen-bond donors (Lipinski definition) is 2. The van der Waals surface area contributed by atoms with Gasteiger partial charge in [0.15, 0.2) is 13.6 Å². The summed E-state index contributed by atoms with van der Waals surface area (Å²) in [5.41, 5.74) is 0. The smallest absolute Gasteiger partial charge is 0.166 e. The Balaban J connectivity index is 1.50. The minimum absolute atomic E-state index is 0.139. The molecular formula is C20H35BO3. The minimum Gasteiger partial charge on any atom is -0.401 e. The first-order valence-corrected chi connectivity index (χ1v) is 10.7. The van der Waals surface area contributed by atoms with Crippen molar-refractivity contribution in [2.24, 2.45) is 29.6 Å². The molecule has 0 bridgehead atoms. The predicted octanol–water partition coefficient (Wildman–Crippen LogP) is 3.29. The second-order valence-electron chi connectivity index (χ2n) is 9.20. The van der Waals surface area contributed by atoms with Gasteiger partial charge in [-0.25, -0.2) is 0 Å². The fourth-order valence-electron chi connectivity index (χ4n) is 6.88. The standard InChI is InChI=1S/C20H35BO3/c22-19(21-17-10-5-11-24-20(17)23)18-15-8-3-1-6-13(15)12-14-7-2-4-9-16(14)18/h13-23H,1-12H2. The molecule has 136 valence electrons. The summed E-state index contributed by atoms with van der Waals surface area (Å²) in [5, 5.41) is 21.4. The lowest BCUT2D eigenvalue weighted by atomic mass is 9.45. The van der Waals surface area contributed by atoms with Gasteiger partial charge in [-0.3, -0.25) is 0 Å². The topological polar surface area (TPSA) is 49.7 Å². The van der Waals surface area contributed by atoms with E-state index in [9.17, 15) is 10.2 Å². The summed E-state index contributed by atoms with van der Waals surface area (Å²) in [6, 6.07) is -0.233. The molecule has 7 atom stereocenters. The molecule has 1 aliphatic heterocycles. The van der Waals surface area contributed by atoms with Crippen LogP contribution in [0.3, 0.4) is 0 Å². The zero-order valence-electron chi connectivity index (χ0n) is 15.1. The molecule has 1 saturated heterocycles. The Morgan fingerprint density at radius 2 is 1.46 bits per heavy atom. The van der Waals surface area contributed by atoms with E-state index in [4.69, 9.17) is 4.74 Å². The fraction of sp³-hybridized carbons (Fsp3) is 1.00. The van der Waals surface area contributed by atoms with Gasteiger partial charge in [-0.1, -0.05) is 44.9 Å². The van der Waals surface area contributed by atoms with E-state index in [1.54, 1.807) is 0 Å². The van der Waals surface area contributed by atoms with Crippen molar-refractivity contribution in [1.29, 1.82) is 0 Å². The summed E-state index contributed by atoms with van der Waals surface area (Å²) in [6.45, 7) is 0.673. The Hall–Kier alpha value is -0.0551. The average Bonchev–Trinajstić information content (AvgIpc) is 2.61. The summed E-state index contributed by atoms with van der Waals surface area (Å²) < 4.78 is 5.44. The van der Waals surface area contributed by atoms with E-state index in [1.165, 1.54) is 57.8 Å². The number of hydrogen-bond acceptors (Lipinski definition) is 3. The van der Waals surface area contributed by atoms with Gasteiger partial charge in [0.1, 0.15) is 0 Å². The van der Waals surface area contributed by atoms with E-state index in [-0.39, 0.29) is 11.8 Å². The first-order chi connectivity index (χ1) is 11.7. The van der Waals surface area contributed by atoms with Crippen LogP contribution in [-0.4, -0.2) is 36.4 Å². The molecule has 1 heterocycles. The molecule has 0 aromatic rings. The summed E-state index contributed by atoms with van der Waals surface area (Å²) >= 11 is 0. The van der Waals surface area contributed by atoms with Crippen LogP contribution in [0.15, 0.2) is 0 Å². The number of ether oxygens (including phenoxy) is 1. The number of aliphatic hydroxyl groups excluding tert-OH is 2. The molecule has 2 N–H and O–H groups in total. The van der Waals surface area contributed by atoms with Crippen molar-refractivity contribution in [3.8, 4) is 0 Å². The number of fused-ring (bicyclic) bond motifs is 2. The number of aliphatic hydroxyl groups is 2. The van der Waals surface area contributed by atoms with Crippen molar-refractivity contribution < 1.29 is 14.9 Å². The van der Waals surface area contributed by atoms with E-state index in [2.05, 4.69) is 0 Å². The zero-order chi connectivity index (χ0) is 16.5. The molecule has 0 spiro atoms. The Labute approximate surface area is 147 Å². The van der Waals surface area contributed by atoms with Gasteiger partial charge >= 0.3 is 0 Å². The number of rotatable bonds is 3. The van der Waals surface area contributed by atoms with E-state index >= 15 is 0 Å². The Morgan fingerprint density at radius 3 is 2.08 bits per heavy atom. The molecule has 0 aromatic heterocycles. The molecule has 24 heavy (non-hydrogen) atoms. The predicted molar refractivity (Wildman–Crippen MR) is 97.1 cm³/mol. The van der Waals surface area contributed by atoms with Crippen LogP contribution in [0.25, 0.3) is 0 Å². The second-order valence-corrected chi connectivity index (χ2v) is 9.20. The highest BCUT2D eigenvalue weighted by molar-refractivity contribution is 6.39. The maximum absolute atomic E-state index is 11.3. The lowest BCUT2D eigenvalue weighted by Gasteiger charge is -2.53. The lowest BCUT2D eigenvalue weighted by molar-refractivity contribution is -0.124. The maximum Gasteiger partial charge on any atom is 0.166 e. The Kier molecular flexibility index (Phi) is 5.55. The van der Waals surface area contributed by atoms with Crippen molar-refractivity contribution >= 4 is 7.28 Å². The molecule has 0 amide bonds. The van der Waals surface area contributed by atoms with E-state index < -0.39 is 6.29 Å². The highest BCUT2D eigenvalue weighted by atomic mass is 16.6. The molecule has 3 nitrogen and oxygen atoms in total. The molecule has 4 fully saturated rings. The van der Waals surface area contributed by atoms with Crippen molar-refractivity contribution in [2.75, 3.05) is 6.61 Å². The van der Waals surface area contributed by atoms with Crippen LogP contribution in [0.1, 0.15) is 70.6 Å². The Bertz CT molecular complexity index is 396. The van der Waals surface area contributed by atoms with Gasteiger partial charge in [-0.05, 0) is 61.1 Å². The normalized spacial score (nSPS) is 47.3. The van der Waals surface area contributed by atoms with Crippen LogP contribution in [0, 0.1) is 29.6 Å². The molecule has 3 saturated carbocycles. The van der Waals surface area contributed by atoms with Crippen LogP contribution in [0.4, 0.5) is 0 Å². The van der Waals surface area contributed by atoms with Gasteiger partial charge in [-0.2, -0.15) is 0 Å². The van der Waals surface area contributed by atoms with E-state index in [0.717, 1.165) is 43.8 Å². The molecule has 4 rings (SSSR count). The fourth-order valence-corrected chi connectivity index (χ4v) is 6.88. The van der Waals surface area contributed by atoms with Crippen molar-refractivity contribution in [3.63, 3.8) is 0 Å². The van der Waals surface area contributed by atoms with Crippen LogP contribution < -0.4 is 0 Å². The highest BCUT2D eigenvalue weighted by Gasteiger charge is 2.48. The zero-order valence-corrected chi connectivity index (χ0v) is 15.1. The van der Waals surface area contributed by atoms with Crippen LogP contribution in [0.2, 0.25) is 5.82 Å². The first kappa shape index (κ1) is 17.4. The molecule has 4 heteroatoms. The minimum atomic E-state index is -0.652. The lowest BCUT2D eigenvalue weighted by Crippen LogP contribution is -2.50. The Morgan fingerprint density at radius 1 is 0.833 bits per heavy atom. The van der Waals surface area contributed by atoms with Gasteiger partial charge in [0.25, 0.3) is 0 Å². The SMILES string of the molecule is OC(BC1CCCOC1O)C1C2CCCCC2CC2CCCCC21. The third kappa shape index (κ3) is 3.43. The largest absolute Gasteiger partial charge is 0.401 e. The highest BCUT2D eigenvalue weighted by Crippen LogP contribution is 2.54. The van der Waals surface area contributed by atoms with Gasteiger partial charge in [0.2, 0.25) is 0 Å². The molecule has 4 aliphatic rings. The van der Waals surface area contributed by atoms with Crippen molar-refractivity contribution in [2.45, 2.75) is 88.7 Å². The molecule has 0 aromatic carbocycles. The van der Waals surface area contributed by atoms with Gasteiger partial charge in [-0.15, -0.1) is 0 Å². The monoisotopic (exact) mass is 334 g/mol. The van der Waals surface area contributed by atoms with Crippen molar-refractivity contribution in [3.05, 3.63) is 0 Å².